The minimum Gasteiger partial charge on any atom is -0.334 e. The monoisotopic (exact) mass is 550 g/mol. The Labute approximate surface area is 236 Å². The SMILES string of the molecule is Cc1c(-c2cccc(Cl)c2C2CCC3C(=O)N(c4cncc5ccccc45)C(=O)NC3C2)cn2ncnc2c1C. The van der Waals surface area contributed by atoms with E-state index in [1.54, 1.807) is 23.2 Å². The summed E-state index contributed by atoms with van der Waals surface area (Å²) in [5, 5.41) is 9.92. The zero-order valence-corrected chi connectivity index (χ0v) is 22.9. The van der Waals surface area contributed by atoms with Gasteiger partial charge in [-0.05, 0) is 67.3 Å². The number of aromatic nitrogens is 4. The molecule has 2 aliphatic rings. The van der Waals surface area contributed by atoms with E-state index in [4.69, 9.17) is 11.6 Å². The standard InChI is InChI=1S/C31H27ClN6O2/c1-17-18(2)29-34-16-35-37(29)15-24(17)22-8-5-9-25(32)28(22)19-10-11-23-26(12-19)36-31(40)38(30(23)39)27-14-33-13-20-6-3-4-7-21(20)27/h3-9,13-16,19,23,26H,10-12H2,1-2H3,(H,36,40). The van der Waals surface area contributed by atoms with E-state index in [0.29, 0.717) is 23.6 Å². The summed E-state index contributed by atoms with van der Waals surface area (Å²) in [6.45, 7) is 4.15. The highest BCUT2D eigenvalue weighted by atomic mass is 35.5. The Bertz CT molecular complexity index is 1830. The Kier molecular flexibility index (Phi) is 5.82. The molecule has 40 heavy (non-hydrogen) atoms. The predicted molar refractivity (Wildman–Crippen MR) is 155 cm³/mol. The van der Waals surface area contributed by atoms with Crippen LogP contribution in [0.4, 0.5) is 10.5 Å². The molecule has 1 saturated carbocycles. The fraction of sp³-hybridized carbons (Fsp3) is 0.258. The lowest BCUT2D eigenvalue weighted by atomic mass is 9.72. The zero-order valence-electron chi connectivity index (χ0n) is 22.1. The van der Waals surface area contributed by atoms with Crippen molar-refractivity contribution in [1.82, 2.24) is 24.9 Å². The van der Waals surface area contributed by atoms with E-state index in [1.165, 1.54) is 4.90 Å². The molecule has 8 nitrogen and oxygen atoms in total. The van der Waals surface area contributed by atoms with Gasteiger partial charge in [-0.15, -0.1) is 0 Å². The molecule has 3 unspecified atom stereocenters. The lowest BCUT2D eigenvalue weighted by Crippen LogP contribution is -2.61. The van der Waals surface area contributed by atoms with Gasteiger partial charge in [-0.1, -0.05) is 48.0 Å². The highest BCUT2D eigenvalue weighted by Gasteiger charge is 2.46. The summed E-state index contributed by atoms with van der Waals surface area (Å²) in [6.07, 6.45) is 8.96. The number of benzene rings is 2. The number of amides is 3. The van der Waals surface area contributed by atoms with Crippen LogP contribution in [0.2, 0.25) is 5.02 Å². The molecule has 7 rings (SSSR count). The first-order chi connectivity index (χ1) is 19.4. The predicted octanol–water partition coefficient (Wildman–Crippen LogP) is 6.22. The van der Waals surface area contributed by atoms with Crippen LogP contribution in [0.25, 0.3) is 27.5 Å². The van der Waals surface area contributed by atoms with Gasteiger partial charge in [-0.3, -0.25) is 9.78 Å². The Morgan fingerprint density at radius 3 is 2.70 bits per heavy atom. The largest absolute Gasteiger partial charge is 0.334 e. The van der Waals surface area contributed by atoms with Crippen molar-refractivity contribution >= 4 is 45.6 Å². The Hall–Kier alpha value is -4.30. The fourth-order valence-corrected chi connectivity index (χ4v) is 6.87. The topological polar surface area (TPSA) is 92.5 Å². The number of nitrogens with one attached hydrogen (secondary N) is 1. The second-order valence-electron chi connectivity index (χ2n) is 10.7. The molecule has 1 N–H and O–H groups in total. The van der Waals surface area contributed by atoms with Crippen molar-refractivity contribution in [2.75, 3.05) is 4.90 Å². The zero-order chi connectivity index (χ0) is 27.5. The minimum absolute atomic E-state index is 0.0787. The molecular weight excluding hydrogens is 524 g/mol. The van der Waals surface area contributed by atoms with Crippen molar-refractivity contribution < 1.29 is 9.59 Å². The van der Waals surface area contributed by atoms with Crippen LogP contribution in [0.15, 0.2) is 67.4 Å². The van der Waals surface area contributed by atoms with Crippen molar-refractivity contribution in [3.05, 3.63) is 89.1 Å². The summed E-state index contributed by atoms with van der Waals surface area (Å²) < 4.78 is 1.80. The first-order valence-corrected chi connectivity index (χ1v) is 13.9. The summed E-state index contributed by atoms with van der Waals surface area (Å²) in [5.41, 5.74) is 6.69. The van der Waals surface area contributed by atoms with Gasteiger partial charge in [0.25, 0.3) is 0 Å². The Morgan fingerprint density at radius 1 is 0.975 bits per heavy atom. The van der Waals surface area contributed by atoms with Crippen molar-refractivity contribution in [1.29, 1.82) is 0 Å². The van der Waals surface area contributed by atoms with Gasteiger partial charge in [0.15, 0.2) is 5.65 Å². The summed E-state index contributed by atoms with van der Waals surface area (Å²) in [4.78, 5) is 37.2. The van der Waals surface area contributed by atoms with E-state index < -0.39 is 6.03 Å². The van der Waals surface area contributed by atoms with Gasteiger partial charge in [-0.25, -0.2) is 19.2 Å². The normalized spacial score (nSPS) is 21.1. The third-order valence-corrected chi connectivity index (χ3v) is 9.00. The van der Waals surface area contributed by atoms with Gasteiger partial charge in [0, 0.05) is 39.8 Å². The van der Waals surface area contributed by atoms with Crippen LogP contribution in [0.3, 0.4) is 0 Å². The first kappa shape index (κ1) is 24.7. The smallest absolute Gasteiger partial charge is 0.329 e. The highest BCUT2D eigenvalue weighted by Crippen LogP contribution is 2.46. The van der Waals surface area contributed by atoms with Crippen LogP contribution in [-0.4, -0.2) is 37.6 Å². The molecule has 9 heteroatoms. The number of carbonyl (C=O) groups excluding carboxylic acids is 2. The molecule has 200 valence electrons. The van der Waals surface area contributed by atoms with Crippen LogP contribution in [0, 0.1) is 19.8 Å². The molecule has 3 amide bonds. The van der Waals surface area contributed by atoms with Crippen molar-refractivity contribution in [2.45, 2.75) is 45.1 Å². The number of pyridine rings is 2. The number of rotatable bonds is 3. The molecule has 1 saturated heterocycles. The Morgan fingerprint density at radius 2 is 1.82 bits per heavy atom. The van der Waals surface area contributed by atoms with E-state index in [0.717, 1.165) is 50.7 Å². The number of urea groups is 1. The molecule has 4 heterocycles. The summed E-state index contributed by atoms with van der Waals surface area (Å²) >= 11 is 6.89. The molecule has 5 aromatic rings. The van der Waals surface area contributed by atoms with Gasteiger partial charge in [-0.2, -0.15) is 5.10 Å². The molecule has 2 aromatic carbocycles. The molecular formula is C31H27ClN6O2. The fourth-order valence-electron chi connectivity index (χ4n) is 6.54. The number of nitrogens with zero attached hydrogens (tertiary/aromatic N) is 5. The molecule has 0 bridgehead atoms. The van der Waals surface area contributed by atoms with Crippen molar-refractivity contribution in [3.63, 3.8) is 0 Å². The van der Waals surface area contributed by atoms with Crippen LogP contribution >= 0.6 is 11.6 Å². The number of hydrogen-bond acceptors (Lipinski definition) is 5. The van der Waals surface area contributed by atoms with Crippen LogP contribution in [0.5, 0.6) is 0 Å². The number of anilines is 1. The maximum absolute atomic E-state index is 13.8. The van der Waals surface area contributed by atoms with E-state index in [-0.39, 0.29) is 23.8 Å². The third-order valence-electron chi connectivity index (χ3n) is 8.67. The van der Waals surface area contributed by atoms with E-state index >= 15 is 0 Å². The van der Waals surface area contributed by atoms with Gasteiger partial charge in [0.05, 0.1) is 17.8 Å². The second-order valence-corrected chi connectivity index (χ2v) is 11.2. The van der Waals surface area contributed by atoms with Crippen LogP contribution in [0.1, 0.15) is 41.9 Å². The molecule has 2 fully saturated rings. The van der Waals surface area contributed by atoms with Crippen molar-refractivity contribution in [2.24, 2.45) is 5.92 Å². The lowest BCUT2D eigenvalue weighted by Gasteiger charge is -2.43. The average molecular weight is 551 g/mol. The van der Waals surface area contributed by atoms with Gasteiger partial charge in [0.2, 0.25) is 5.91 Å². The second kappa shape index (κ2) is 9.41. The van der Waals surface area contributed by atoms with E-state index in [1.807, 2.05) is 42.6 Å². The Balaban J connectivity index is 1.23. The summed E-state index contributed by atoms with van der Waals surface area (Å²) in [6, 6.07) is 13.0. The number of aryl methyl sites for hydroxylation is 1. The first-order valence-electron chi connectivity index (χ1n) is 13.5. The highest BCUT2D eigenvalue weighted by molar-refractivity contribution is 6.32. The van der Waals surface area contributed by atoms with E-state index in [2.05, 4.69) is 40.3 Å². The molecule has 1 aliphatic carbocycles. The average Bonchev–Trinajstić information content (AvgIpc) is 3.44. The molecule has 3 aromatic heterocycles. The quantitative estimate of drug-likeness (QED) is 0.288. The summed E-state index contributed by atoms with van der Waals surface area (Å²) in [5.74, 6) is -0.405. The van der Waals surface area contributed by atoms with Gasteiger partial charge in [0.1, 0.15) is 6.33 Å². The number of imide groups is 1. The molecule has 1 aliphatic heterocycles. The number of carbonyl (C=O) groups is 2. The molecule has 3 atom stereocenters. The van der Waals surface area contributed by atoms with Crippen LogP contribution in [-0.2, 0) is 4.79 Å². The lowest BCUT2D eigenvalue weighted by molar-refractivity contribution is -0.124. The number of fused-ring (bicyclic) bond motifs is 3. The maximum Gasteiger partial charge on any atom is 0.329 e. The number of halogens is 1. The van der Waals surface area contributed by atoms with Crippen LogP contribution < -0.4 is 10.2 Å². The van der Waals surface area contributed by atoms with Crippen molar-refractivity contribution in [3.8, 4) is 11.1 Å². The molecule has 0 spiro atoms. The third kappa shape index (κ3) is 3.78. The number of hydrogen-bond donors (Lipinski definition) is 1. The van der Waals surface area contributed by atoms with Gasteiger partial charge < -0.3 is 5.32 Å². The maximum atomic E-state index is 13.8. The summed E-state index contributed by atoms with van der Waals surface area (Å²) in [7, 11) is 0. The van der Waals surface area contributed by atoms with E-state index in [9.17, 15) is 9.59 Å². The molecule has 0 radical (unpaired) electrons. The minimum atomic E-state index is -0.410. The van der Waals surface area contributed by atoms with Gasteiger partial charge >= 0.3 is 6.03 Å².